The van der Waals surface area contributed by atoms with Crippen LogP contribution in [0.2, 0.25) is 5.02 Å². The molecule has 0 radical (unpaired) electrons. The summed E-state index contributed by atoms with van der Waals surface area (Å²) >= 11 is 6.26. The molecule has 26 heavy (non-hydrogen) atoms. The van der Waals surface area contributed by atoms with Gasteiger partial charge in [-0.1, -0.05) is 24.6 Å². The fourth-order valence-corrected chi connectivity index (χ4v) is 3.44. The van der Waals surface area contributed by atoms with Gasteiger partial charge in [-0.15, -0.1) is 0 Å². The van der Waals surface area contributed by atoms with Crippen molar-refractivity contribution in [2.75, 3.05) is 23.3 Å². The van der Waals surface area contributed by atoms with Crippen LogP contribution in [0.1, 0.15) is 25.3 Å². The number of piperidine rings is 1. The first-order valence-electron chi connectivity index (χ1n) is 8.87. The van der Waals surface area contributed by atoms with Gasteiger partial charge in [0.1, 0.15) is 0 Å². The molecule has 7 heteroatoms. The molecule has 1 saturated heterocycles. The van der Waals surface area contributed by atoms with Gasteiger partial charge in [-0.3, -0.25) is 0 Å². The van der Waals surface area contributed by atoms with Gasteiger partial charge in [0.25, 0.3) is 0 Å². The largest absolute Gasteiger partial charge is 0.340 e. The minimum absolute atomic E-state index is 0.594. The van der Waals surface area contributed by atoms with E-state index in [4.69, 9.17) is 16.6 Å². The van der Waals surface area contributed by atoms with Gasteiger partial charge in [-0.2, -0.15) is 9.97 Å². The van der Waals surface area contributed by atoms with E-state index < -0.39 is 0 Å². The maximum atomic E-state index is 6.26. The molecule has 0 amide bonds. The second-order valence-corrected chi connectivity index (χ2v) is 7.29. The van der Waals surface area contributed by atoms with Crippen molar-refractivity contribution >= 4 is 40.2 Å². The lowest BCUT2D eigenvalue weighted by Gasteiger charge is -2.31. The van der Waals surface area contributed by atoms with E-state index >= 15 is 0 Å². The van der Waals surface area contributed by atoms with Crippen molar-refractivity contribution < 1.29 is 0 Å². The monoisotopic (exact) mass is 368 g/mol. The SMILES string of the molecule is Cc1ccc(Nc2nc(N3CCCC(C)C3)nc3nccnc23)cc1Cl. The number of hydrogen-bond donors (Lipinski definition) is 1. The van der Waals surface area contributed by atoms with Gasteiger partial charge < -0.3 is 10.2 Å². The first-order valence-corrected chi connectivity index (χ1v) is 9.25. The van der Waals surface area contributed by atoms with Crippen LogP contribution >= 0.6 is 11.6 Å². The molecule has 3 aromatic rings. The third kappa shape index (κ3) is 3.42. The second kappa shape index (κ2) is 7.03. The highest BCUT2D eigenvalue weighted by molar-refractivity contribution is 6.31. The van der Waals surface area contributed by atoms with Gasteiger partial charge in [0, 0.05) is 36.2 Å². The Morgan fingerprint density at radius 3 is 2.85 bits per heavy atom. The molecule has 1 aromatic carbocycles. The van der Waals surface area contributed by atoms with Gasteiger partial charge in [0.2, 0.25) is 5.95 Å². The molecule has 3 heterocycles. The average Bonchev–Trinajstić information content (AvgIpc) is 2.65. The number of aryl methyl sites for hydroxylation is 1. The number of anilines is 3. The summed E-state index contributed by atoms with van der Waals surface area (Å²) in [6, 6.07) is 5.85. The fraction of sp³-hybridized carbons (Fsp3) is 0.368. The molecule has 1 fully saturated rings. The maximum absolute atomic E-state index is 6.26. The van der Waals surface area contributed by atoms with Crippen LogP contribution in [0.4, 0.5) is 17.5 Å². The molecule has 1 aliphatic heterocycles. The summed E-state index contributed by atoms with van der Waals surface area (Å²) in [5.74, 6) is 1.98. The highest BCUT2D eigenvalue weighted by Gasteiger charge is 2.21. The number of benzene rings is 1. The van der Waals surface area contributed by atoms with Gasteiger partial charge in [0.05, 0.1) is 0 Å². The summed E-state index contributed by atoms with van der Waals surface area (Å²) in [6.45, 7) is 6.17. The number of hydrogen-bond acceptors (Lipinski definition) is 6. The van der Waals surface area contributed by atoms with Crippen LogP contribution in [0.15, 0.2) is 30.6 Å². The quantitative estimate of drug-likeness (QED) is 0.740. The predicted molar refractivity (Wildman–Crippen MR) is 105 cm³/mol. The van der Waals surface area contributed by atoms with Crippen LogP contribution in [0, 0.1) is 12.8 Å². The van der Waals surface area contributed by atoms with E-state index in [2.05, 4.69) is 32.1 Å². The number of nitrogens with zero attached hydrogens (tertiary/aromatic N) is 5. The van der Waals surface area contributed by atoms with Crippen molar-refractivity contribution in [3.63, 3.8) is 0 Å². The average molecular weight is 369 g/mol. The van der Waals surface area contributed by atoms with Crippen LogP contribution in [-0.4, -0.2) is 33.0 Å². The summed E-state index contributed by atoms with van der Waals surface area (Å²) in [5.41, 5.74) is 3.14. The maximum Gasteiger partial charge on any atom is 0.229 e. The minimum Gasteiger partial charge on any atom is -0.340 e. The Morgan fingerprint density at radius 2 is 2.04 bits per heavy atom. The molecule has 1 aliphatic rings. The summed E-state index contributed by atoms with van der Waals surface area (Å²) in [7, 11) is 0. The molecule has 1 unspecified atom stereocenters. The van der Waals surface area contributed by atoms with Crippen LogP contribution in [0.25, 0.3) is 11.2 Å². The van der Waals surface area contributed by atoms with Crippen LogP contribution in [-0.2, 0) is 0 Å². The smallest absolute Gasteiger partial charge is 0.229 e. The second-order valence-electron chi connectivity index (χ2n) is 6.88. The number of aromatic nitrogens is 4. The van der Waals surface area contributed by atoms with E-state index in [1.807, 2.05) is 25.1 Å². The number of halogens is 1. The van der Waals surface area contributed by atoms with E-state index in [1.165, 1.54) is 6.42 Å². The Kier molecular flexibility index (Phi) is 4.59. The predicted octanol–water partition coefficient (Wildman–Crippen LogP) is 4.36. The molecule has 2 aromatic heterocycles. The Morgan fingerprint density at radius 1 is 1.19 bits per heavy atom. The Labute approximate surface area is 157 Å². The van der Waals surface area contributed by atoms with Crippen molar-refractivity contribution in [2.45, 2.75) is 26.7 Å². The van der Waals surface area contributed by atoms with E-state index in [0.717, 1.165) is 30.8 Å². The molecule has 4 rings (SSSR count). The van der Waals surface area contributed by atoms with E-state index in [0.29, 0.717) is 33.9 Å². The summed E-state index contributed by atoms with van der Waals surface area (Å²) < 4.78 is 0. The number of rotatable bonds is 3. The zero-order valence-corrected chi connectivity index (χ0v) is 15.7. The lowest BCUT2D eigenvalue weighted by atomic mass is 10.0. The summed E-state index contributed by atoms with van der Waals surface area (Å²) in [4.78, 5) is 20.4. The first kappa shape index (κ1) is 17.0. The Bertz CT molecular complexity index is 944. The van der Waals surface area contributed by atoms with Gasteiger partial charge in [-0.25, -0.2) is 9.97 Å². The molecular weight excluding hydrogens is 348 g/mol. The third-order valence-corrected chi connectivity index (χ3v) is 5.10. The van der Waals surface area contributed by atoms with Gasteiger partial charge >= 0.3 is 0 Å². The van der Waals surface area contributed by atoms with Gasteiger partial charge in [0.15, 0.2) is 17.0 Å². The molecule has 134 valence electrons. The zero-order valence-electron chi connectivity index (χ0n) is 14.9. The van der Waals surface area contributed by atoms with E-state index in [-0.39, 0.29) is 0 Å². The van der Waals surface area contributed by atoms with Crippen molar-refractivity contribution in [3.8, 4) is 0 Å². The van der Waals surface area contributed by atoms with Crippen molar-refractivity contribution in [1.82, 2.24) is 19.9 Å². The highest BCUT2D eigenvalue weighted by atomic mass is 35.5. The standard InChI is InChI=1S/C19H21ClN6/c1-12-4-3-9-26(11-12)19-24-17-16(21-7-8-22-17)18(25-19)23-14-6-5-13(2)15(20)10-14/h5-8,10,12H,3-4,9,11H2,1-2H3,(H,22,23,24,25). The zero-order chi connectivity index (χ0) is 18.1. The van der Waals surface area contributed by atoms with Crippen LogP contribution < -0.4 is 10.2 Å². The molecule has 0 aliphatic carbocycles. The number of nitrogens with one attached hydrogen (secondary N) is 1. The summed E-state index contributed by atoms with van der Waals surface area (Å²) in [5, 5.41) is 4.05. The first-order chi connectivity index (χ1) is 12.6. The molecule has 0 bridgehead atoms. The highest BCUT2D eigenvalue weighted by Crippen LogP contribution is 2.28. The lowest BCUT2D eigenvalue weighted by Crippen LogP contribution is -2.35. The Hall–Kier alpha value is -2.47. The normalized spacial score (nSPS) is 17.5. The molecule has 0 spiro atoms. The molecular formula is C19H21ClN6. The van der Waals surface area contributed by atoms with Crippen molar-refractivity contribution in [1.29, 1.82) is 0 Å². The van der Waals surface area contributed by atoms with Crippen LogP contribution in [0.3, 0.4) is 0 Å². The van der Waals surface area contributed by atoms with Gasteiger partial charge in [-0.05, 0) is 43.4 Å². The van der Waals surface area contributed by atoms with E-state index in [1.54, 1.807) is 12.4 Å². The molecule has 1 N–H and O–H groups in total. The Balaban J connectivity index is 1.75. The third-order valence-electron chi connectivity index (χ3n) is 4.70. The van der Waals surface area contributed by atoms with Crippen molar-refractivity contribution in [2.24, 2.45) is 5.92 Å². The lowest BCUT2D eigenvalue weighted by molar-refractivity contribution is 0.442. The molecule has 1 atom stereocenters. The van der Waals surface area contributed by atoms with Crippen LogP contribution in [0.5, 0.6) is 0 Å². The summed E-state index contributed by atoms with van der Waals surface area (Å²) in [6.07, 6.45) is 5.71. The van der Waals surface area contributed by atoms with E-state index in [9.17, 15) is 0 Å². The number of fused-ring (bicyclic) bond motifs is 1. The van der Waals surface area contributed by atoms with Crippen molar-refractivity contribution in [3.05, 3.63) is 41.2 Å². The molecule has 0 saturated carbocycles. The topological polar surface area (TPSA) is 66.8 Å². The fourth-order valence-electron chi connectivity index (χ4n) is 3.26. The minimum atomic E-state index is 0.594. The molecule has 6 nitrogen and oxygen atoms in total.